The lowest BCUT2D eigenvalue weighted by atomic mass is 10.7. The summed E-state index contributed by atoms with van der Waals surface area (Å²) in [6.07, 6.45) is -0.208. The summed E-state index contributed by atoms with van der Waals surface area (Å²) in [5.41, 5.74) is 0. The van der Waals surface area contributed by atoms with E-state index >= 15 is 0 Å². The van der Waals surface area contributed by atoms with Gasteiger partial charge in [0.2, 0.25) is 0 Å². The van der Waals surface area contributed by atoms with Crippen molar-refractivity contribution in [2.75, 3.05) is 20.2 Å². The molecule has 8 heteroatoms. The van der Waals surface area contributed by atoms with E-state index in [2.05, 4.69) is 4.74 Å². The van der Waals surface area contributed by atoms with Crippen molar-refractivity contribution in [2.24, 2.45) is 0 Å². The van der Waals surface area contributed by atoms with Crippen LogP contribution in [0.25, 0.3) is 0 Å². The summed E-state index contributed by atoms with van der Waals surface area (Å²) < 4.78 is 13.4. The number of hydrogen-bond donors (Lipinski definition) is 3. The first-order valence-electron chi connectivity index (χ1n) is 2.97. The van der Waals surface area contributed by atoms with Crippen LogP contribution in [-0.4, -0.2) is 45.9 Å². The van der Waals surface area contributed by atoms with Crippen molar-refractivity contribution in [2.45, 2.75) is 0 Å². The summed E-state index contributed by atoms with van der Waals surface area (Å²) in [6, 6.07) is 0. The van der Waals surface area contributed by atoms with Gasteiger partial charge in [-0.25, -0.2) is 9.36 Å². The third-order valence-corrected chi connectivity index (χ3v) is 0.964. The molecule has 0 unspecified atom stereocenters. The second-order valence-electron chi connectivity index (χ2n) is 2.05. The summed E-state index contributed by atoms with van der Waals surface area (Å²) in [7, 11) is -2.92. The van der Waals surface area contributed by atoms with Gasteiger partial charge in [-0.2, -0.15) is 0 Å². The highest BCUT2D eigenvalue weighted by Gasteiger charge is 2.15. The normalized spacial score (nSPS) is 16.7. The highest BCUT2D eigenvalue weighted by Crippen LogP contribution is 2.25. The summed E-state index contributed by atoms with van der Waals surface area (Å²) in [5, 5.41) is 0. The molecule has 0 radical (unpaired) electrons. The topological polar surface area (TPSA) is 107 Å². The molecule has 0 aromatic carbocycles. The number of amides is 1. The van der Waals surface area contributed by atoms with Crippen molar-refractivity contribution in [1.82, 2.24) is 4.90 Å². The standard InChI is InChI=1S/C4H7NO2.H3O4P/c1-5-2-3-7-4(5)6;1-5(2,3)4/h2-3H2,1H3;(H3,1,2,3,4). The van der Waals surface area contributed by atoms with Crippen molar-refractivity contribution in [1.29, 1.82) is 0 Å². The third-order valence-electron chi connectivity index (χ3n) is 0.964. The van der Waals surface area contributed by atoms with Gasteiger partial charge in [0.1, 0.15) is 6.61 Å². The van der Waals surface area contributed by atoms with E-state index in [1.807, 2.05) is 0 Å². The zero-order valence-electron chi connectivity index (χ0n) is 6.38. The van der Waals surface area contributed by atoms with Crippen LogP contribution in [0.3, 0.4) is 0 Å². The molecule has 0 aromatic rings. The highest BCUT2D eigenvalue weighted by atomic mass is 31.2. The molecule has 1 fully saturated rings. The minimum absolute atomic E-state index is 0.208. The molecule has 0 aromatic heterocycles. The van der Waals surface area contributed by atoms with Gasteiger partial charge in [0.15, 0.2) is 0 Å². The Labute approximate surface area is 68.8 Å². The Balaban J connectivity index is 0.000000217. The van der Waals surface area contributed by atoms with Gasteiger partial charge in [-0.3, -0.25) is 0 Å². The minimum Gasteiger partial charge on any atom is -0.448 e. The van der Waals surface area contributed by atoms with Crippen LogP contribution in [0, 0.1) is 0 Å². The molecular weight excluding hydrogens is 189 g/mol. The van der Waals surface area contributed by atoms with E-state index in [-0.39, 0.29) is 6.09 Å². The summed E-state index contributed by atoms with van der Waals surface area (Å²) in [5.74, 6) is 0. The van der Waals surface area contributed by atoms with E-state index in [1.165, 1.54) is 0 Å². The fraction of sp³-hybridized carbons (Fsp3) is 0.750. The molecule has 1 heterocycles. The summed E-state index contributed by atoms with van der Waals surface area (Å²) in [4.78, 5) is 33.4. The largest absolute Gasteiger partial charge is 0.466 e. The SMILES string of the molecule is CN1CCOC1=O.O=P(O)(O)O. The number of hydrogen-bond acceptors (Lipinski definition) is 3. The monoisotopic (exact) mass is 199 g/mol. The van der Waals surface area contributed by atoms with Crippen LogP contribution in [0.1, 0.15) is 0 Å². The number of cyclic esters (lactones) is 1. The average Bonchev–Trinajstić information content (AvgIpc) is 2.12. The quantitative estimate of drug-likeness (QED) is 0.438. The minimum atomic E-state index is -4.64. The number of carbonyl (C=O) groups excluding carboxylic acids is 1. The average molecular weight is 199 g/mol. The number of rotatable bonds is 0. The molecule has 1 aliphatic rings. The Morgan fingerprint density at radius 3 is 2.00 bits per heavy atom. The van der Waals surface area contributed by atoms with E-state index in [4.69, 9.17) is 19.2 Å². The number of likely N-dealkylation sites (N-methyl/N-ethyl adjacent to an activating group) is 1. The van der Waals surface area contributed by atoms with Gasteiger partial charge in [0.05, 0.1) is 6.54 Å². The van der Waals surface area contributed by atoms with Gasteiger partial charge in [-0.1, -0.05) is 0 Å². The van der Waals surface area contributed by atoms with Crippen LogP contribution in [0.15, 0.2) is 0 Å². The molecule has 72 valence electrons. The fourth-order valence-corrected chi connectivity index (χ4v) is 0.471. The first kappa shape index (κ1) is 11.4. The van der Waals surface area contributed by atoms with E-state index in [0.29, 0.717) is 6.61 Å². The van der Waals surface area contributed by atoms with Gasteiger partial charge in [-0.05, 0) is 0 Å². The lowest BCUT2D eigenvalue weighted by Gasteiger charge is -1.98. The first-order valence-corrected chi connectivity index (χ1v) is 4.53. The molecule has 1 aliphatic heterocycles. The Morgan fingerprint density at radius 2 is 1.92 bits per heavy atom. The molecule has 1 amide bonds. The van der Waals surface area contributed by atoms with E-state index < -0.39 is 7.82 Å². The first-order chi connectivity index (χ1) is 5.30. The maximum atomic E-state index is 10.3. The molecule has 7 nitrogen and oxygen atoms in total. The van der Waals surface area contributed by atoms with Crippen LogP contribution >= 0.6 is 7.82 Å². The number of carbonyl (C=O) groups is 1. The number of phosphoric acid groups is 1. The molecule has 1 saturated heterocycles. The highest BCUT2D eigenvalue weighted by molar-refractivity contribution is 7.45. The Hall–Kier alpha value is -0.620. The molecule has 1 rings (SSSR count). The lowest BCUT2D eigenvalue weighted by molar-refractivity contribution is 0.163. The Morgan fingerprint density at radius 1 is 1.50 bits per heavy atom. The second kappa shape index (κ2) is 4.42. The van der Waals surface area contributed by atoms with Crippen molar-refractivity contribution in [3.8, 4) is 0 Å². The maximum absolute atomic E-state index is 10.3. The van der Waals surface area contributed by atoms with Gasteiger partial charge in [0.25, 0.3) is 0 Å². The molecule has 0 atom stereocenters. The van der Waals surface area contributed by atoms with Crippen LogP contribution in [0.5, 0.6) is 0 Å². The smallest absolute Gasteiger partial charge is 0.448 e. The predicted molar refractivity (Wildman–Crippen MR) is 38.2 cm³/mol. The number of ether oxygens (including phenoxy) is 1. The second-order valence-corrected chi connectivity index (χ2v) is 3.08. The van der Waals surface area contributed by atoms with Gasteiger partial charge in [0, 0.05) is 7.05 Å². The molecule has 0 bridgehead atoms. The van der Waals surface area contributed by atoms with Crippen molar-refractivity contribution < 1.29 is 28.8 Å². The van der Waals surface area contributed by atoms with Crippen molar-refractivity contribution in [3.05, 3.63) is 0 Å². The van der Waals surface area contributed by atoms with Gasteiger partial charge < -0.3 is 24.3 Å². The predicted octanol–water partition coefficient (Wildman–Crippen LogP) is -0.860. The van der Waals surface area contributed by atoms with Crippen LogP contribution < -0.4 is 0 Å². The van der Waals surface area contributed by atoms with Crippen molar-refractivity contribution >= 4 is 13.9 Å². The van der Waals surface area contributed by atoms with Crippen LogP contribution in [-0.2, 0) is 9.30 Å². The molecule has 0 saturated carbocycles. The summed E-state index contributed by atoms with van der Waals surface area (Å²) in [6.45, 7) is 1.29. The van der Waals surface area contributed by atoms with Crippen LogP contribution in [0.2, 0.25) is 0 Å². The molecule has 0 aliphatic carbocycles. The molecule has 3 N–H and O–H groups in total. The molecule has 12 heavy (non-hydrogen) atoms. The van der Waals surface area contributed by atoms with Crippen molar-refractivity contribution in [3.63, 3.8) is 0 Å². The molecule has 0 spiro atoms. The maximum Gasteiger partial charge on any atom is 0.466 e. The van der Waals surface area contributed by atoms with Crippen LogP contribution in [0.4, 0.5) is 4.79 Å². The fourth-order valence-electron chi connectivity index (χ4n) is 0.471. The zero-order chi connectivity index (χ0) is 9.78. The van der Waals surface area contributed by atoms with Gasteiger partial charge >= 0.3 is 13.9 Å². The number of nitrogens with zero attached hydrogens (tertiary/aromatic N) is 1. The zero-order valence-corrected chi connectivity index (χ0v) is 7.27. The Bertz CT molecular complexity index is 191. The Kier molecular flexibility index (Phi) is 4.19. The van der Waals surface area contributed by atoms with Gasteiger partial charge in [-0.15, -0.1) is 0 Å². The van der Waals surface area contributed by atoms with E-state index in [0.717, 1.165) is 6.54 Å². The third kappa shape index (κ3) is 7.49. The lowest BCUT2D eigenvalue weighted by Crippen LogP contribution is -2.17. The van der Waals surface area contributed by atoms with E-state index in [1.54, 1.807) is 11.9 Å². The summed E-state index contributed by atoms with van der Waals surface area (Å²) >= 11 is 0. The molecular formula is C4H10NO6P. The van der Waals surface area contributed by atoms with E-state index in [9.17, 15) is 4.79 Å².